The Hall–Kier alpha value is -2.40. The van der Waals surface area contributed by atoms with E-state index in [4.69, 9.17) is 10.5 Å². The maximum absolute atomic E-state index is 13.1. The van der Waals surface area contributed by atoms with E-state index in [1.54, 1.807) is 13.0 Å². The molecular formula is C18H21FN2O2. The molecule has 0 aliphatic rings. The summed E-state index contributed by atoms with van der Waals surface area (Å²) in [4.78, 5) is 11.5. The average molecular weight is 316 g/mol. The lowest BCUT2D eigenvalue weighted by Crippen LogP contribution is -2.29. The van der Waals surface area contributed by atoms with Crippen molar-refractivity contribution in [2.75, 3.05) is 0 Å². The van der Waals surface area contributed by atoms with Crippen LogP contribution in [0.25, 0.3) is 0 Å². The van der Waals surface area contributed by atoms with Crippen LogP contribution in [0.15, 0.2) is 48.5 Å². The summed E-state index contributed by atoms with van der Waals surface area (Å²) in [7, 11) is 0. The van der Waals surface area contributed by atoms with Gasteiger partial charge in [0.25, 0.3) is 0 Å². The molecule has 2 aromatic rings. The molecule has 2 aromatic carbocycles. The molecule has 1 atom stereocenters. The van der Waals surface area contributed by atoms with E-state index in [-0.39, 0.29) is 17.8 Å². The van der Waals surface area contributed by atoms with Gasteiger partial charge in [-0.05, 0) is 42.3 Å². The standard InChI is InChI=1S/C18H21FN2O2/c1-13(20)9-18(22)21-11-14-5-7-17(8-6-14)23-12-15-3-2-4-16(19)10-15/h2-8,10,13H,9,11-12,20H2,1H3,(H,21,22). The van der Waals surface area contributed by atoms with Gasteiger partial charge in [0, 0.05) is 19.0 Å². The van der Waals surface area contributed by atoms with E-state index in [1.165, 1.54) is 12.1 Å². The third kappa shape index (κ3) is 6.08. The molecule has 2 rings (SSSR count). The van der Waals surface area contributed by atoms with Crippen LogP contribution in [-0.2, 0) is 17.9 Å². The summed E-state index contributed by atoms with van der Waals surface area (Å²) in [6.07, 6.45) is 0.314. The number of halogens is 1. The van der Waals surface area contributed by atoms with Crippen LogP contribution in [0.3, 0.4) is 0 Å². The molecule has 0 fully saturated rings. The summed E-state index contributed by atoms with van der Waals surface area (Å²) in [5, 5.41) is 2.81. The van der Waals surface area contributed by atoms with E-state index in [1.807, 2.05) is 30.3 Å². The van der Waals surface area contributed by atoms with E-state index in [2.05, 4.69) is 5.32 Å². The van der Waals surface area contributed by atoms with Crippen molar-refractivity contribution in [3.8, 4) is 5.75 Å². The quantitative estimate of drug-likeness (QED) is 0.825. The number of carbonyl (C=O) groups is 1. The Labute approximate surface area is 135 Å². The summed E-state index contributed by atoms with van der Waals surface area (Å²) >= 11 is 0. The minimum absolute atomic E-state index is 0.0635. The number of hydrogen-bond donors (Lipinski definition) is 2. The zero-order valence-corrected chi connectivity index (χ0v) is 13.1. The molecule has 0 saturated carbocycles. The minimum atomic E-state index is -0.274. The van der Waals surface area contributed by atoms with Crippen LogP contribution in [0, 0.1) is 5.82 Å². The first-order valence-corrected chi connectivity index (χ1v) is 7.51. The molecule has 4 nitrogen and oxygen atoms in total. The highest BCUT2D eigenvalue weighted by molar-refractivity contribution is 5.76. The van der Waals surface area contributed by atoms with Crippen LogP contribution < -0.4 is 15.8 Å². The number of rotatable bonds is 7. The SMILES string of the molecule is CC(N)CC(=O)NCc1ccc(OCc2cccc(F)c2)cc1. The second-order valence-electron chi connectivity index (χ2n) is 5.52. The molecule has 0 aliphatic heterocycles. The molecule has 3 N–H and O–H groups in total. The Bertz CT molecular complexity index is 642. The maximum atomic E-state index is 13.1. The van der Waals surface area contributed by atoms with Gasteiger partial charge in [0.1, 0.15) is 18.2 Å². The van der Waals surface area contributed by atoms with Gasteiger partial charge in [-0.3, -0.25) is 4.79 Å². The molecule has 1 amide bonds. The predicted molar refractivity (Wildman–Crippen MR) is 87.3 cm³/mol. The van der Waals surface area contributed by atoms with E-state index >= 15 is 0 Å². The Kier molecular flexibility index (Phi) is 6.11. The van der Waals surface area contributed by atoms with Gasteiger partial charge in [-0.15, -0.1) is 0 Å². The van der Waals surface area contributed by atoms with Crippen molar-refractivity contribution in [2.45, 2.75) is 32.5 Å². The largest absolute Gasteiger partial charge is 0.489 e. The number of nitrogens with two attached hydrogens (primary N) is 1. The molecule has 0 heterocycles. The lowest BCUT2D eigenvalue weighted by Gasteiger charge is -2.09. The Morgan fingerprint density at radius 1 is 1.22 bits per heavy atom. The minimum Gasteiger partial charge on any atom is -0.489 e. The molecular weight excluding hydrogens is 295 g/mol. The molecule has 1 unspecified atom stereocenters. The fourth-order valence-electron chi connectivity index (χ4n) is 2.06. The van der Waals surface area contributed by atoms with E-state index in [0.29, 0.717) is 25.3 Å². The summed E-state index contributed by atoms with van der Waals surface area (Å²) in [5.41, 5.74) is 7.32. The molecule has 122 valence electrons. The highest BCUT2D eigenvalue weighted by Crippen LogP contribution is 2.14. The second-order valence-corrected chi connectivity index (χ2v) is 5.52. The fraction of sp³-hybridized carbons (Fsp3) is 0.278. The lowest BCUT2D eigenvalue weighted by molar-refractivity contribution is -0.121. The zero-order chi connectivity index (χ0) is 16.7. The molecule has 0 saturated heterocycles. The Morgan fingerprint density at radius 3 is 2.61 bits per heavy atom. The zero-order valence-electron chi connectivity index (χ0n) is 13.1. The second kappa shape index (κ2) is 8.29. The first kappa shape index (κ1) is 17.0. The third-order valence-corrected chi connectivity index (χ3v) is 3.21. The van der Waals surface area contributed by atoms with Crippen molar-refractivity contribution in [2.24, 2.45) is 5.73 Å². The van der Waals surface area contributed by atoms with Crippen LogP contribution in [0.4, 0.5) is 4.39 Å². The van der Waals surface area contributed by atoms with Gasteiger partial charge in [0.05, 0.1) is 0 Å². The molecule has 0 aliphatic carbocycles. The predicted octanol–water partition coefficient (Wildman–Crippen LogP) is 2.76. The van der Waals surface area contributed by atoms with Crippen molar-refractivity contribution in [1.82, 2.24) is 5.32 Å². The van der Waals surface area contributed by atoms with Gasteiger partial charge in [-0.2, -0.15) is 0 Å². The van der Waals surface area contributed by atoms with Gasteiger partial charge < -0.3 is 15.8 Å². The number of benzene rings is 2. The molecule has 23 heavy (non-hydrogen) atoms. The van der Waals surface area contributed by atoms with Crippen LogP contribution in [0.1, 0.15) is 24.5 Å². The summed E-state index contributed by atoms with van der Waals surface area (Å²) in [5.74, 6) is 0.357. The number of amides is 1. The maximum Gasteiger partial charge on any atom is 0.221 e. The highest BCUT2D eigenvalue weighted by atomic mass is 19.1. The van der Waals surface area contributed by atoms with Gasteiger partial charge in [0.2, 0.25) is 5.91 Å². The van der Waals surface area contributed by atoms with E-state index < -0.39 is 0 Å². The third-order valence-electron chi connectivity index (χ3n) is 3.21. The van der Waals surface area contributed by atoms with Crippen LogP contribution in [-0.4, -0.2) is 11.9 Å². The molecule has 0 bridgehead atoms. The van der Waals surface area contributed by atoms with Gasteiger partial charge in [-0.25, -0.2) is 4.39 Å². The van der Waals surface area contributed by atoms with E-state index in [0.717, 1.165) is 11.1 Å². The first-order valence-electron chi connectivity index (χ1n) is 7.51. The van der Waals surface area contributed by atoms with Crippen LogP contribution >= 0.6 is 0 Å². The number of hydrogen-bond acceptors (Lipinski definition) is 3. The monoisotopic (exact) mass is 316 g/mol. The molecule has 0 radical (unpaired) electrons. The van der Waals surface area contributed by atoms with Crippen LogP contribution in [0.2, 0.25) is 0 Å². The Balaban J connectivity index is 1.81. The van der Waals surface area contributed by atoms with Gasteiger partial charge in [-0.1, -0.05) is 24.3 Å². The van der Waals surface area contributed by atoms with Crippen molar-refractivity contribution < 1.29 is 13.9 Å². The van der Waals surface area contributed by atoms with Crippen molar-refractivity contribution >= 4 is 5.91 Å². The first-order chi connectivity index (χ1) is 11.0. The normalized spacial score (nSPS) is 11.8. The summed E-state index contributed by atoms with van der Waals surface area (Å²) < 4.78 is 18.7. The topological polar surface area (TPSA) is 64.4 Å². The Morgan fingerprint density at radius 2 is 1.96 bits per heavy atom. The number of carbonyl (C=O) groups excluding carboxylic acids is 1. The van der Waals surface area contributed by atoms with Gasteiger partial charge in [0.15, 0.2) is 0 Å². The molecule has 0 aromatic heterocycles. The number of nitrogens with one attached hydrogen (secondary N) is 1. The summed E-state index contributed by atoms with van der Waals surface area (Å²) in [6.45, 7) is 2.56. The van der Waals surface area contributed by atoms with E-state index in [9.17, 15) is 9.18 Å². The van der Waals surface area contributed by atoms with Gasteiger partial charge >= 0.3 is 0 Å². The summed E-state index contributed by atoms with van der Waals surface area (Å²) in [6, 6.07) is 13.6. The molecule has 5 heteroatoms. The van der Waals surface area contributed by atoms with Crippen LogP contribution in [0.5, 0.6) is 5.75 Å². The van der Waals surface area contributed by atoms with Crippen molar-refractivity contribution in [1.29, 1.82) is 0 Å². The highest BCUT2D eigenvalue weighted by Gasteiger charge is 2.04. The van der Waals surface area contributed by atoms with Crippen molar-refractivity contribution in [3.63, 3.8) is 0 Å². The fourth-order valence-corrected chi connectivity index (χ4v) is 2.06. The smallest absolute Gasteiger partial charge is 0.221 e. The molecule has 0 spiro atoms. The van der Waals surface area contributed by atoms with Crippen molar-refractivity contribution in [3.05, 3.63) is 65.5 Å². The number of ether oxygens (including phenoxy) is 1. The average Bonchev–Trinajstić information content (AvgIpc) is 2.51. The lowest BCUT2D eigenvalue weighted by atomic mass is 10.2.